The Balaban J connectivity index is 2.56. The Morgan fingerprint density at radius 3 is 2.50 bits per heavy atom. The number of ether oxygens (including phenoxy) is 2. The quantitative estimate of drug-likeness (QED) is 0.702. The maximum atomic E-state index is 12.9. The molecule has 1 aliphatic heterocycles. The van der Waals surface area contributed by atoms with Gasteiger partial charge in [-0.2, -0.15) is 13.2 Å². The van der Waals surface area contributed by atoms with Crippen molar-refractivity contribution in [3.05, 3.63) is 0 Å². The highest BCUT2D eigenvalue weighted by Gasteiger charge is 2.47. The summed E-state index contributed by atoms with van der Waals surface area (Å²) in [6.07, 6.45) is -4.35. The van der Waals surface area contributed by atoms with Crippen molar-refractivity contribution in [2.75, 3.05) is 47.1 Å². The van der Waals surface area contributed by atoms with E-state index in [0.29, 0.717) is 6.61 Å². The Labute approximate surface area is 116 Å². The fourth-order valence-corrected chi connectivity index (χ4v) is 2.10. The Morgan fingerprint density at radius 2 is 1.95 bits per heavy atom. The van der Waals surface area contributed by atoms with Gasteiger partial charge >= 0.3 is 6.18 Å². The Hall–Kier alpha value is -0.860. The maximum Gasteiger partial charge on any atom is 0.405 e. The molecule has 0 spiro atoms. The van der Waals surface area contributed by atoms with Crippen molar-refractivity contribution >= 4 is 5.91 Å². The molecule has 0 radical (unpaired) electrons. The highest BCUT2D eigenvalue weighted by molar-refractivity contribution is 5.77. The van der Waals surface area contributed by atoms with Crippen molar-refractivity contribution < 1.29 is 27.4 Å². The number of alkyl halides is 3. The van der Waals surface area contributed by atoms with Gasteiger partial charge in [-0.15, -0.1) is 0 Å². The summed E-state index contributed by atoms with van der Waals surface area (Å²) in [5.41, 5.74) is 0. The van der Waals surface area contributed by atoms with E-state index in [1.807, 2.05) is 0 Å². The van der Waals surface area contributed by atoms with Crippen LogP contribution in [0.1, 0.15) is 6.92 Å². The first-order valence-electron chi connectivity index (χ1n) is 6.40. The zero-order chi connectivity index (χ0) is 15.3. The van der Waals surface area contributed by atoms with Crippen LogP contribution in [0.4, 0.5) is 13.2 Å². The lowest BCUT2D eigenvalue weighted by molar-refractivity contribution is -0.201. The minimum absolute atomic E-state index is 0.218. The Bertz CT molecular complexity index is 326. The van der Waals surface area contributed by atoms with E-state index in [4.69, 9.17) is 9.47 Å². The number of halogens is 3. The van der Waals surface area contributed by atoms with Crippen LogP contribution in [0.2, 0.25) is 0 Å². The van der Waals surface area contributed by atoms with Gasteiger partial charge in [-0.1, -0.05) is 0 Å². The van der Waals surface area contributed by atoms with E-state index in [-0.39, 0.29) is 32.3 Å². The first kappa shape index (κ1) is 17.2. The van der Waals surface area contributed by atoms with Gasteiger partial charge in [0.05, 0.1) is 13.2 Å². The molecule has 0 aromatic carbocycles. The van der Waals surface area contributed by atoms with E-state index < -0.39 is 18.1 Å². The van der Waals surface area contributed by atoms with Crippen LogP contribution in [0, 0.1) is 0 Å². The highest BCUT2D eigenvalue weighted by Crippen LogP contribution is 2.29. The van der Waals surface area contributed by atoms with Crippen molar-refractivity contribution in [3.8, 4) is 0 Å². The van der Waals surface area contributed by atoms with Gasteiger partial charge in [0, 0.05) is 26.2 Å². The molecule has 0 saturated carbocycles. The number of amides is 1. The number of piperazine rings is 1. The van der Waals surface area contributed by atoms with Gasteiger partial charge in [0.2, 0.25) is 5.91 Å². The lowest BCUT2D eigenvalue weighted by Gasteiger charge is -2.44. The molecule has 2 atom stereocenters. The molecule has 0 aliphatic carbocycles. The smallest absolute Gasteiger partial charge is 0.382 e. The molecule has 118 valence electrons. The van der Waals surface area contributed by atoms with Gasteiger partial charge in [0.15, 0.2) is 0 Å². The molecule has 1 fully saturated rings. The van der Waals surface area contributed by atoms with Crippen LogP contribution < -0.4 is 0 Å². The summed E-state index contributed by atoms with van der Waals surface area (Å²) >= 11 is 0. The molecular weight excluding hydrogens is 277 g/mol. The lowest BCUT2D eigenvalue weighted by atomic mass is 10.1. The van der Waals surface area contributed by atoms with E-state index in [1.54, 1.807) is 6.92 Å². The summed E-state index contributed by atoms with van der Waals surface area (Å²) in [6, 6.07) is -1.98. The second-order valence-corrected chi connectivity index (χ2v) is 4.92. The van der Waals surface area contributed by atoms with Crippen LogP contribution in [0.5, 0.6) is 0 Å². The summed E-state index contributed by atoms with van der Waals surface area (Å²) in [4.78, 5) is 14.3. The Morgan fingerprint density at radius 1 is 1.30 bits per heavy atom. The number of hydrogen-bond donors (Lipinski definition) is 0. The highest BCUT2D eigenvalue weighted by atomic mass is 19.4. The molecular formula is C12H21F3N2O3. The van der Waals surface area contributed by atoms with E-state index in [2.05, 4.69) is 0 Å². The summed E-state index contributed by atoms with van der Waals surface area (Å²) < 4.78 is 48.6. The first-order valence-corrected chi connectivity index (χ1v) is 6.40. The molecule has 2 unspecified atom stereocenters. The number of rotatable bonds is 5. The van der Waals surface area contributed by atoms with E-state index in [9.17, 15) is 18.0 Å². The third kappa shape index (κ3) is 4.60. The van der Waals surface area contributed by atoms with Gasteiger partial charge < -0.3 is 14.4 Å². The van der Waals surface area contributed by atoms with Crippen LogP contribution in [-0.2, 0) is 14.3 Å². The topological polar surface area (TPSA) is 42.0 Å². The van der Waals surface area contributed by atoms with Crippen molar-refractivity contribution in [1.82, 2.24) is 9.80 Å². The lowest BCUT2D eigenvalue weighted by Crippen LogP contribution is -2.62. The van der Waals surface area contributed by atoms with Gasteiger partial charge in [0.25, 0.3) is 0 Å². The molecule has 20 heavy (non-hydrogen) atoms. The molecule has 0 N–H and O–H groups in total. The van der Waals surface area contributed by atoms with Gasteiger partial charge in [-0.05, 0) is 14.0 Å². The van der Waals surface area contributed by atoms with Gasteiger partial charge in [-0.3, -0.25) is 9.69 Å². The average Bonchev–Trinajstić information content (AvgIpc) is 2.36. The molecule has 0 aromatic rings. The molecule has 1 amide bonds. The zero-order valence-electron chi connectivity index (χ0n) is 11.9. The van der Waals surface area contributed by atoms with Gasteiger partial charge in [-0.25, -0.2) is 0 Å². The molecule has 1 rings (SSSR count). The van der Waals surface area contributed by atoms with E-state index >= 15 is 0 Å². The predicted molar refractivity (Wildman–Crippen MR) is 66.3 cm³/mol. The van der Waals surface area contributed by atoms with Crippen molar-refractivity contribution in [2.45, 2.75) is 25.2 Å². The Kier molecular flexibility index (Phi) is 6.22. The number of likely N-dealkylation sites (N-methyl/N-ethyl adjacent to an activating group) is 1. The van der Waals surface area contributed by atoms with E-state index in [1.165, 1.54) is 24.0 Å². The molecule has 8 heteroatoms. The maximum absolute atomic E-state index is 12.9. The number of nitrogens with zero attached hydrogens (tertiary/aromatic N) is 2. The van der Waals surface area contributed by atoms with Crippen LogP contribution in [-0.4, -0.2) is 81.0 Å². The third-order valence-electron chi connectivity index (χ3n) is 3.45. The number of hydrogen-bond acceptors (Lipinski definition) is 4. The molecule has 1 heterocycles. The third-order valence-corrected chi connectivity index (χ3v) is 3.45. The number of methoxy groups -OCH3 is 1. The van der Waals surface area contributed by atoms with Crippen molar-refractivity contribution in [3.63, 3.8) is 0 Å². The molecule has 1 saturated heterocycles. The number of carbonyl (C=O) groups is 1. The summed E-state index contributed by atoms with van der Waals surface area (Å²) in [5.74, 6) is -0.421. The summed E-state index contributed by atoms with van der Waals surface area (Å²) in [7, 11) is 2.93. The SMILES string of the molecule is COCCOCC(=O)N1CC(C)N(C)C(C(F)(F)F)C1. The van der Waals surface area contributed by atoms with Crippen LogP contribution in [0.3, 0.4) is 0 Å². The fraction of sp³-hybridized carbons (Fsp3) is 0.917. The number of carbonyl (C=O) groups excluding carboxylic acids is 1. The fourth-order valence-electron chi connectivity index (χ4n) is 2.10. The van der Waals surface area contributed by atoms with Crippen molar-refractivity contribution in [1.29, 1.82) is 0 Å². The monoisotopic (exact) mass is 298 g/mol. The zero-order valence-corrected chi connectivity index (χ0v) is 11.9. The minimum atomic E-state index is -4.35. The van der Waals surface area contributed by atoms with Crippen LogP contribution >= 0.6 is 0 Å². The molecule has 5 nitrogen and oxygen atoms in total. The van der Waals surface area contributed by atoms with Crippen molar-refractivity contribution in [2.24, 2.45) is 0 Å². The van der Waals surface area contributed by atoms with E-state index in [0.717, 1.165) is 0 Å². The molecule has 1 aliphatic rings. The standard InChI is InChI=1S/C12H21F3N2O3/c1-9-6-17(11(18)8-20-5-4-19-3)7-10(16(9)2)12(13,14)15/h9-10H,4-8H2,1-3H3. The second kappa shape index (κ2) is 7.24. The molecule has 0 aromatic heterocycles. The first-order chi connectivity index (χ1) is 9.27. The van der Waals surface area contributed by atoms with Gasteiger partial charge in [0.1, 0.15) is 12.6 Å². The predicted octanol–water partition coefficient (Wildman–Crippen LogP) is 0.743. The minimum Gasteiger partial charge on any atom is -0.382 e. The average molecular weight is 298 g/mol. The second-order valence-electron chi connectivity index (χ2n) is 4.92. The summed E-state index contributed by atoms with van der Waals surface area (Å²) in [5, 5.41) is 0. The summed E-state index contributed by atoms with van der Waals surface area (Å²) in [6.45, 7) is 1.96. The normalized spacial score (nSPS) is 25.0. The van der Waals surface area contributed by atoms with Crippen LogP contribution in [0.25, 0.3) is 0 Å². The largest absolute Gasteiger partial charge is 0.405 e. The van der Waals surface area contributed by atoms with Crippen LogP contribution in [0.15, 0.2) is 0 Å². The molecule has 0 bridgehead atoms.